The predicted octanol–water partition coefficient (Wildman–Crippen LogP) is 5.37. The van der Waals surface area contributed by atoms with Gasteiger partial charge in [-0.3, -0.25) is 0 Å². The van der Waals surface area contributed by atoms with Crippen LogP contribution in [0.3, 0.4) is 0 Å². The zero-order valence-electron chi connectivity index (χ0n) is 10.8. The zero-order valence-corrected chi connectivity index (χ0v) is 14.0. The van der Waals surface area contributed by atoms with Gasteiger partial charge in [0.2, 0.25) is 0 Å². The second-order valence-electron chi connectivity index (χ2n) is 4.78. The van der Waals surface area contributed by atoms with Gasteiger partial charge in [0.15, 0.2) is 0 Å². The highest BCUT2D eigenvalue weighted by Gasteiger charge is 2.16. The van der Waals surface area contributed by atoms with Crippen LogP contribution in [0.1, 0.15) is 17.4 Å². The molecule has 1 N–H and O–H groups in total. The number of halogens is 3. The van der Waals surface area contributed by atoms with Crippen LogP contribution < -0.4 is 0 Å². The van der Waals surface area contributed by atoms with E-state index in [1.807, 2.05) is 24.3 Å². The maximum Gasteiger partial charge on any atom is 0.148 e. The first kappa shape index (κ1) is 14.8. The summed E-state index contributed by atoms with van der Waals surface area (Å²) in [6, 6.07) is 12.2. The van der Waals surface area contributed by atoms with Gasteiger partial charge in [-0.25, -0.2) is 4.39 Å². The summed E-state index contributed by atoms with van der Waals surface area (Å²) in [4.78, 5) is 0. The van der Waals surface area contributed by atoms with Crippen LogP contribution in [-0.4, -0.2) is 5.11 Å². The first-order valence-electron chi connectivity index (χ1n) is 6.34. The van der Waals surface area contributed by atoms with Gasteiger partial charge in [-0.15, -0.1) is 0 Å². The molecule has 0 fully saturated rings. The van der Waals surface area contributed by atoms with Gasteiger partial charge in [0.05, 0.1) is 8.95 Å². The molecule has 1 heterocycles. The van der Waals surface area contributed by atoms with Gasteiger partial charge >= 0.3 is 0 Å². The van der Waals surface area contributed by atoms with Crippen LogP contribution in [0.4, 0.5) is 4.39 Å². The topological polar surface area (TPSA) is 33.4 Å². The molecule has 0 aliphatic heterocycles. The summed E-state index contributed by atoms with van der Waals surface area (Å²) in [5.74, 6) is 0.179. The third-order valence-corrected chi connectivity index (χ3v) is 4.49. The van der Waals surface area contributed by atoms with Crippen molar-refractivity contribution in [3.8, 4) is 0 Å². The van der Waals surface area contributed by atoms with Gasteiger partial charge in [-0.05, 0) is 61.7 Å². The second kappa shape index (κ2) is 5.91. The molecule has 3 aromatic rings. The molecule has 0 saturated carbocycles. The molecule has 0 aliphatic rings. The number of fused-ring (bicyclic) bond motifs is 1. The van der Waals surface area contributed by atoms with E-state index in [1.54, 1.807) is 12.1 Å². The van der Waals surface area contributed by atoms with E-state index in [-0.39, 0.29) is 5.82 Å². The van der Waals surface area contributed by atoms with Gasteiger partial charge < -0.3 is 9.52 Å². The van der Waals surface area contributed by atoms with E-state index < -0.39 is 6.10 Å². The Bertz CT molecular complexity index is 798. The fourth-order valence-electron chi connectivity index (χ4n) is 2.20. The number of hydrogen-bond donors (Lipinski definition) is 1. The Morgan fingerprint density at radius 3 is 2.62 bits per heavy atom. The zero-order chi connectivity index (χ0) is 15.0. The molecule has 2 aromatic carbocycles. The Morgan fingerprint density at radius 2 is 1.90 bits per heavy atom. The first-order chi connectivity index (χ1) is 10.0. The number of para-hydroxylation sites is 1. The highest BCUT2D eigenvalue weighted by molar-refractivity contribution is 9.11. The molecule has 0 spiro atoms. The number of hydrogen-bond acceptors (Lipinski definition) is 2. The molecule has 1 atom stereocenters. The van der Waals surface area contributed by atoms with Gasteiger partial charge in [0.1, 0.15) is 23.3 Å². The minimum absolute atomic E-state index is 0.319. The molecular weight excluding hydrogens is 403 g/mol. The van der Waals surface area contributed by atoms with E-state index in [2.05, 4.69) is 31.9 Å². The van der Waals surface area contributed by atoms with Crippen molar-refractivity contribution in [2.24, 2.45) is 0 Å². The van der Waals surface area contributed by atoms with Crippen LogP contribution in [0.15, 0.2) is 55.8 Å². The van der Waals surface area contributed by atoms with Crippen molar-refractivity contribution in [3.05, 3.63) is 68.6 Å². The van der Waals surface area contributed by atoms with Crippen LogP contribution in [0.5, 0.6) is 0 Å². The SMILES string of the molecule is OC(Cc1ccc(F)c(Br)c1)c1cc2cccc(Br)c2o1. The fourth-order valence-corrected chi connectivity index (χ4v) is 3.09. The number of aliphatic hydroxyl groups is 1. The van der Waals surface area contributed by atoms with Crippen molar-refractivity contribution in [2.75, 3.05) is 0 Å². The van der Waals surface area contributed by atoms with Gasteiger partial charge in [0.25, 0.3) is 0 Å². The average Bonchev–Trinajstić information content (AvgIpc) is 2.89. The van der Waals surface area contributed by atoms with Crippen molar-refractivity contribution in [1.82, 2.24) is 0 Å². The lowest BCUT2D eigenvalue weighted by molar-refractivity contribution is 0.152. The fraction of sp³-hybridized carbons (Fsp3) is 0.125. The van der Waals surface area contributed by atoms with Crippen LogP contribution in [0.2, 0.25) is 0 Å². The van der Waals surface area contributed by atoms with Crippen LogP contribution in [0, 0.1) is 5.82 Å². The highest BCUT2D eigenvalue weighted by atomic mass is 79.9. The van der Waals surface area contributed by atoms with Crippen LogP contribution >= 0.6 is 31.9 Å². The molecule has 0 bridgehead atoms. The maximum absolute atomic E-state index is 13.2. The van der Waals surface area contributed by atoms with Crippen molar-refractivity contribution < 1.29 is 13.9 Å². The summed E-state index contributed by atoms with van der Waals surface area (Å²) in [5, 5.41) is 11.2. The van der Waals surface area contributed by atoms with Gasteiger partial charge in [-0.2, -0.15) is 0 Å². The Kier molecular flexibility index (Phi) is 4.15. The minimum atomic E-state index is -0.776. The molecular formula is C16H11Br2FO2. The lowest BCUT2D eigenvalue weighted by atomic mass is 10.1. The van der Waals surface area contributed by atoms with E-state index >= 15 is 0 Å². The lowest BCUT2D eigenvalue weighted by Gasteiger charge is -2.08. The third kappa shape index (κ3) is 3.05. The van der Waals surface area contributed by atoms with Crippen molar-refractivity contribution in [2.45, 2.75) is 12.5 Å². The Morgan fingerprint density at radius 1 is 1.10 bits per heavy atom. The van der Waals surface area contributed by atoms with Gasteiger partial charge in [-0.1, -0.05) is 18.2 Å². The van der Waals surface area contributed by atoms with E-state index in [1.165, 1.54) is 6.07 Å². The smallest absolute Gasteiger partial charge is 0.148 e. The molecule has 3 rings (SSSR count). The van der Waals surface area contributed by atoms with Crippen molar-refractivity contribution in [3.63, 3.8) is 0 Å². The Hall–Kier alpha value is -1.17. The van der Waals surface area contributed by atoms with E-state index in [0.29, 0.717) is 22.2 Å². The monoisotopic (exact) mass is 412 g/mol. The Labute approximate surface area is 137 Å². The molecule has 2 nitrogen and oxygen atoms in total. The summed E-state index contributed by atoms with van der Waals surface area (Å²) >= 11 is 6.56. The molecule has 0 aliphatic carbocycles. The summed E-state index contributed by atoms with van der Waals surface area (Å²) in [6.45, 7) is 0. The largest absolute Gasteiger partial charge is 0.457 e. The average molecular weight is 414 g/mol. The Balaban J connectivity index is 1.87. The number of aliphatic hydroxyl groups excluding tert-OH is 1. The normalized spacial score (nSPS) is 12.8. The highest BCUT2D eigenvalue weighted by Crippen LogP contribution is 2.31. The van der Waals surface area contributed by atoms with Crippen LogP contribution in [0.25, 0.3) is 11.0 Å². The summed E-state index contributed by atoms with van der Waals surface area (Å²) in [6.07, 6.45) is -0.419. The molecule has 21 heavy (non-hydrogen) atoms. The summed E-state index contributed by atoms with van der Waals surface area (Å²) in [5.41, 5.74) is 1.54. The first-order valence-corrected chi connectivity index (χ1v) is 7.93. The minimum Gasteiger partial charge on any atom is -0.457 e. The third-order valence-electron chi connectivity index (χ3n) is 3.26. The number of rotatable bonds is 3. The van der Waals surface area contributed by atoms with Crippen molar-refractivity contribution in [1.29, 1.82) is 0 Å². The van der Waals surface area contributed by atoms with E-state index in [9.17, 15) is 9.50 Å². The molecule has 108 valence electrons. The molecule has 5 heteroatoms. The molecule has 1 unspecified atom stereocenters. The summed E-state index contributed by atoms with van der Waals surface area (Å²) < 4.78 is 20.2. The quantitative estimate of drug-likeness (QED) is 0.625. The van der Waals surface area contributed by atoms with Crippen molar-refractivity contribution >= 4 is 42.8 Å². The standard InChI is InChI=1S/C16H11Br2FO2/c17-11-3-1-2-10-8-15(21-16(10)11)14(20)7-9-4-5-13(19)12(18)6-9/h1-6,8,14,20H,7H2. The maximum atomic E-state index is 13.2. The molecule has 0 saturated heterocycles. The molecule has 0 amide bonds. The predicted molar refractivity (Wildman–Crippen MR) is 86.7 cm³/mol. The second-order valence-corrected chi connectivity index (χ2v) is 6.48. The van der Waals surface area contributed by atoms with Gasteiger partial charge in [0, 0.05) is 11.8 Å². The summed E-state index contributed by atoms with van der Waals surface area (Å²) in [7, 11) is 0. The van der Waals surface area contributed by atoms with E-state index in [0.717, 1.165) is 15.4 Å². The molecule has 0 radical (unpaired) electrons. The molecule has 1 aromatic heterocycles. The lowest BCUT2D eigenvalue weighted by Crippen LogP contribution is -2.00. The number of furan rings is 1. The van der Waals surface area contributed by atoms with Crippen LogP contribution in [-0.2, 0) is 6.42 Å². The number of benzene rings is 2. The van der Waals surface area contributed by atoms with E-state index in [4.69, 9.17) is 4.42 Å².